The van der Waals surface area contributed by atoms with E-state index in [-0.39, 0.29) is 5.82 Å². The fraction of sp³-hybridized carbons (Fsp3) is 0.176. The van der Waals surface area contributed by atoms with E-state index in [9.17, 15) is 4.39 Å². The summed E-state index contributed by atoms with van der Waals surface area (Å²) >= 11 is 3.21. The third-order valence-corrected chi connectivity index (χ3v) is 4.17. The zero-order valence-electron chi connectivity index (χ0n) is 11.5. The first kappa shape index (κ1) is 14.3. The van der Waals surface area contributed by atoms with Crippen molar-refractivity contribution in [3.05, 3.63) is 70.1 Å². The zero-order valence-corrected chi connectivity index (χ0v) is 13.1. The average Bonchev–Trinajstić information content (AvgIpc) is 2.91. The maximum Gasteiger partial charge on any atom is 0.137 e. The van der Waals surface area contributed by atoms with Crippen molar-refractivity contribution in [2.75, 3.05) is 6.54 Å². The molecule has 0 fully saturated rings. The quantitative estimate of drug-likeness (QED) is 0.658. The van der Waals surface area contributed by atoms with Gasteiger partial charge in [0, 0.05) is 23.6 Å². The molecule has 0 unspecified atom stereocenters. The van der Waals surface area contributed by atoms with Crippen LogP contribution in [-0.2, 0) is 13.0 Å². The second-order valence-electron chi connectivity index (χ2n) is 5.03. The number of aromatic amines is 1. The smallest absolute Gasteiger partial charge is 0.137 e. The molecule has 0 spiro atoms. The summed E-state index contributed by atoms with van der Waals surface area (Å²) in [6.45, 7) is 1.62. The molecule has 2 nitrogen and oxygen atoms in total. The topological polar surface area (TPSA) is 27.8 Å². The summed E-state index contributed by atoms with van der Waals surface area (Å²) in [7, 11) is 0. The largest absolute Gasteiger partial charge is 0.361 e. The van der Waals surface area contributed by atoms with Crippen LogP contribution in [0.3, 0.4) is 0 Å². The van der Waals surface area contributed by atoms with Gasteiger partial charge < -0.3 is 10.3 Å². The Morgan fingerprint density at radius 1 is 1.14 bits per heavy atom. The maximum absolute atomic E-state index is 13.2. The van der Waals surface area contributed by atoms with Crippen LogP contribution in [0.5, 0.6) is 0 Å². The molecule has 3 rings (SSSR count). The van der Waals surface area contributed by atoms with Crippen molar-refractivity contribution in [2.45, 2.75) is 13.0 Å². The van der Waals surface area contributed by atoms with Gasteiger partial charge in [-0.2, -0.15) is 0 Å². The van der Waals surface area contributed by atoms with E-state index >= 15 is 0 Å². The van der Waals surface area contributed by atoms with E-state index < -0.39 is 0 Å². The van der Waals surface area contributed by atoms with Gasteiger partial charge in [-0.3, -0.25) is 0 Å². The lowest BCUT2D eigenvalue weighted by molar-refractivity contribution is 0.618. The van der Waals surface area contributed by atoms with E-state index in [0.29, 0.717) is 4.47 Å². The highest BCUT2D eigenvalue weighted by atomic mass is 79.9. The second kappa shape index (κ2) is 6.41. The minimum absolute atomic E-state index is 0.224. The third kappa shape index (κ3) is 3.34. The molecule has 4 heteroatoms. The average molecular weight is 347 g/mol. The van der Waals surface area contributed by atoms with Crippen molar-refractivity contribution in [1.29, 1.82) is 0 Å². The van der Waals surface area contributed by atoms with Gasteiger partial charge in [0.2, 0.25) is 0 Å². The van der Waals surface area contributed by atoms with Crippen molar-refractivity contribution in [2.24, 2.45) is 0 Å². The highest BCUT2D eigenvalue weighted by Crippen LogP contribution is 2.18. The van der Waals surface area contributed by atoms with Crippen LogP contribution in [0, 0.1) is 5.82 Å². The van der Waals surface area contributed by atoms with Gasteiger partial charge in [-0.15, -0.1) is 0 Å². The Bertz CT molecular complexity index is 751. The summed E-state index contributed by atoms with van der Waals surface area (Å²) in [5.41, 5.74) is 3.57. The van der Waals surface area contributed by atoms with Crippen LogP contribution >= 0.6 is 15.9 Å². The SMILES string of the molecule is Fc1ccc(CNCCc2c[nH]c3ccccc23)cc1Br. The molecule has 21 heavy (non-hydrogen) atoms. The molecule has 0 amide bonds. The van der Waals surface area contributed by atoms with E-state index in [4.69, 9.17) is 0 Å². The summed E-state index contributed by atoms with van der Waals surface area (Å²) in [5, 5.41) is 4.68. The fourth-order valence-electron chi connectivity index (χ4n) is 2.44. The van der Waals surface area contributed by atoms with Crippen molar-refractivity contribution in [1.82, 2.24) is 10.3 Å². The number of fused-ring (bicyclic) bond motifs is 1. The van der Waals surface area contributed by atoms with Gasteiger partial charge in [-0.1, -0.05) is 24.3 Å². The maximum atomic E-state index is 13.2. The molecule has 0 aliphatic heterocycles. The third-order valence-electron chi connectivity index (χ3n) is 3.56. The molecule has 1 aromatic heterocycles. The van der Waals surface area contributed by atoms with Crippen LogP contribution in [-0.4, -0.2) is 11.5 Å². The minimum atomic E-state index is -0.224. The Morgan fingerprint density at radius 2 is 2.00 bits per heavy atom. The molecule has 2 N–H and O–H groups in total. The number of hydrogen-bond acceptors (Lipinski definition) is 1. The van der Waals surface area contributed by atoms with Gasteiger partial charge in [0.25, 0.3) is 0 Å². The van der Waals surface area contributed by atoms with E-state index in [1.807, 2.05) is 12.1 Å². The number of H-pyrrole nitrogens is 1. The highest BCUT2D eigenvalue weighted by molar-refractivity contribution is 9.10. The summed E-state index contributed by atoms with van der Waals surface area (Å²) in [4.78, 5) is 3.28. The lowest BCUT2D eigenvalue weighted by Gasteiger charge is -2.05. The number of aromatic nitrogens is 1. The van der Waals surface area contributed by atoms with Crippen molar-refractivity contribution in [3.63, 3.8) is 0 Å². The lowest BCUT2D eigenvalue weighted by atomic mass is 10.1. The van der Waals surface area contributed by atoms with E-state index in [1.165, 1.54) is 22.5 Å². The van der Waals surface area contributed by atoms with Crippen molar-refractivity contribution in [3.8, 4) is 0 Å². The normalized spacial score (nSPS) is 11.1. The summed E-state index contributed by atoms with van der Waals surface area (Å²) in [6, 6.07) is 13.4. The first-order valence-corrected chi connectivity index (χ1v) is 7.73. The van der Waals surface area contributed by atoms with Crippen LogP contribution in [0.25, 0.3) is 10.9 Å². The number of benzene rings is 2. The summed E-state index contributed by atoms with van der Waals surface area (Å²) in [6.07, 6.45) is 3.03. The van der Waals surface area contributed by atoms with E-state index in [1.54, 1.807) is 6.07 Å². The standard InChI is InChI=1S/C17H16BrFN2/c18-15-9-12(5-6-16(15)19)10-20-8-7-13-11-21-17-4-2-1-3-14(13)17/h1-6,9,11,20-21H,7-8,10H2. The molecule has 1 heterocycles. The molecule has 0 aliphatic rings. The first-order chi connectivity index (χ1) is 10.2. The lowest BCUT2D eigenvalue weighted by Crippen LogP contribution is -2.16. The molecule has 108 valence electrons. The predicted octanol–water partition coefficient (Wildman–Crippen LogP) is 4.40. The van der Waals surface area contributed by atoms with Crippen LogP contribution in [0.2, 0.25) is 0 Å². The Labute approximate surface area is 131 Å². The molecule has 0 bridgehead atoms. The Balaban J connectivity index is 1.55. The van der Waals surface area contributed by atoms with Gasteiger partial charge in [0.05, 0.1) is 4.47 Å². The summed E-state index contributed by atoms with van der Waals surface area (Å²) in [5.74, 6) is -0.224. The number of halogens is 2. The van der Waals surface area contributed by atoms with Gasteiger partial charge in [-0.05, 0) is 58.2 Å². The van der Waals surface area contributed by atoms with E-state index in [2.05, 4.69) is 50.6 Å². The van der Waals surface area contributed by atoms with Crippen LogP contribution in [0.1, 0.15) is 11.1 Å². The predicted molar refractivity (Wildman–Crippen MR) is 87.8 cm³/mol. The van der Waals surface area contributed by atoms with E-state index in [0.717, 1.165) is 25.1 Å². The zero-order chi connectivity index (χ0) is 14.7. The molecule has 2 aromatic carbocycles. The van der Waals surface area contributed by atoms with Crippen LogP contribution < -0.4 is 5.32 Å². The first-order valence-electron chi connectivity index (χ1n) is 6.93. The Hall–Kier alpha value is -1.65. The summed E-state index contributed by atoms with van der Waals surface area (Å²) < 4.78 is 13.7. The molecular formula is C17H16BrFN2. The molecule has 0 atom stereocenters. The van der Waals surface area contributed by atoms with Crippen LogP contribution in [0.15, 0.2) is 53.1 Å². The van der Waals surface area contributed by atoms with Gasteiger partial charge in [-0.25, -0.2) is 4.39 Å². The van der Waals surface area contributed by atoms with Crippen molar-refractivity contribution >= 4 is 26.8 Å². The molecule has 0 saturated carbocycles. The fourth-order valence-corrected chi connectivity index (χ4v) is 2.87. The molecule has 3 aromatic rings. The van der Waals surface area contributed by atoms with Gasteiger partial charge in [0.15, 0.2) is 0 Å². The molecule has 0 saturated heterocycles. The second-order valence-corrected chi connectivity index (χ2v) is 5.89. The number of nitrogens with one attached hydrogen (secondary N) is 2. The number of rotatable bonds is 5. The molecule has 0 radical (unpaired) electrons. The monoisotopic (exact) mass is 346 g/mol. The number of para-hydroxylation sites is 1. The molecular weight excluding hydrogens is 331 g/mol. The molecule has 0 aliphatic carbocycles. The minimum Gasteiger partial charge on any atom is -0.361 e. The Kier molecular flexibility index (Phi) is 4.36. The highest BCUT2D eigenvalue weighted by Gasteiger charge is 2.03. The Morgan fingerprint density at radius 3 is 2.86 bits per heavy atom. The van der Waals surface area contributed by atoms with Crippen molar-refractivity contribution < 1.29 is 4.39 Å². The van der Waals surface area contributed by atoms with Gasteiger partial charge >= 0.3 is 0 Å². The van der Waals surface area contributed by atoms with Crippen LogP contribution in [0.4, 0.5) is 4.39 Å². The number of hydrogen-bond donors (Lipinski definition) is 2. The van der Waals surface area contributed by atoms with Gasteiger partial charge in [0.1, 0.15) is 5.82 Å².